The van der Waals surface area contributed by atoms with E-state index in [-0.39, 0.29) is 25.9 Å². The number of ether oxygens (including phenoxy) is 2. The number of aliphatic hydroxyl groups excluding tert-OH is 1. The summed E-state index contributed by atoms with van der Waals surface area (Å²) in [5.74, 6) is 0. The van der Waals surface area contributed by atoms with Crippen LogP contribution in [0.15, 0.2) is 0 Å². The van der Waals surface area contributed by atoms with Gasteiger partial charge in [-0.2, -0.15) is 8.42 Å². The predicted octanol–water partition coefficient (Wildman–Crippen LogP) is 12.1. The molecule has 8 heteroatoms. The highest BCUT2D eigenvalue weighted by molar-refractivity contribution is 7.80. The third kappa shape index (κ3) is 37.0. The zero-order valence-electron chi connectivity index (χ0n) is 32.0. The van der Waals surface area contributed by atoms with Crippen LogP contribution < -0.4 is 0 Å². The molecule has 0 saturated heterocycles. The van der Waals surface area contributed by atoms with E-state index in [2.05, 4.69) is 18.0 Å². The molecule has 0 rings (SSSR count). The first-order chi connectivity index (χ1) is 23.4. The zero-order valence-corrected chi connectivity index (χ0v) is 32.8. The molecule has 0 aliphatic carbocycles. The van der Waals surface area contributed by atoms with Crippen LogP contribution in [-0.4, -0.2) is 56.7 Å². The van der Waals surface area contributed by atoms with Gasteiger partial charge in [0.25, 0.3) is 0 Å². The smallest absolute Gasteiger partial charge is 0.394 e. The third-order valence-electron chi connectivity index (χ3n) is 9.64. The summed E-state index contributed by atoms with van der Waals surface area (Å²) in [5, 5.41) is 9.30. The van der Waals surface area contributed by atoms with Gasteiger partial charge in [-0.05, 0) is 12.8 Å². The van der Waals surface area contributed by atoms with E-state index in [0.717, 1.165) is 32.1 Å². The van der Waals surface area contributed by atoms with Gasteiger partial charge in [-0.3, -0.25) is 4.55 Å². The zero-order chi connectivity index (χ0) is 35.2. The van der Waals surface area contributed by atoms with Crippen molar-refractivity contribution in [3.63, 3.8) is 0 Å². The van der Waals surface area contributed by atoms with Crippen LogP contribution in [0.5, 0.6) is 0 Å². The van der Waals surface area contributed by atoms with E-state index < -0.39 is 16.5 Å². The number of unbranched alkanes of at least 4 members (excludes halogenated alkanes) is 29. The quantitative estimate of drug-likeness (QED) is 0.0482. The average molecular weight is 707 g/mol. The lowest BCUT2D eigenvalue weighted by Crippen LogP contribution is -2.37. The molecule has 290 valence electrons. The topological polar surface area (TPSA) is 102 Å². The lowest BCUT2D eigenvalue weighted by atomic mass is 10.0. The summed E-state index contributed by atoms with van der Waals surface area (Å²) in [6.45, 7) is 4.71. The fourth-order valence-corrected chi connectivity index (χ4v) is 6.90. The van der Waals surface area contributed by atoms with E-state index in [4.69, 9.17) is 14.0 Å². The first kappa shape index (κ1) is 47.8. The van der Waals surface area contributed by atoms with Crippen molar-refractivity contribution < 1.29 is 31.7 Å². The van der Waals surface area contributed by atoms with Gasteiger partial charge in [0.15, 0.2) is 0 Å². The van der Waals surface area contributed by atoms with Crippen LogP contribution in [0.25, 0.3) is 0 Å². The van der Waals surface area contributed by atoms with Gasteiger partial charge in [-0.15, -0.1) is 0 Å². The van der Waals surface area contributed by atoms with E-state index in [0.29, 0.717) is 6.61 Å². The molecule has 0 aliphatic heterocycles. The fourth-order valence-electron chi connectivity index (χ4n) is 6.60. The van der Waals surface area contributed by atoms with Crippen molar-refractivity contribution >= 4 is 10.4 Å². The molecule has 0 spiro atoms. The minimum atomic E-state index is -4.58. The van der Waals surface area contributed by atoms with Gasteiger partial charge >= 0.3 is 10.4 Å². The Morgan fingerprint density at radius 2 is 0.750 bits per heavy atom. The van der Waals surface area contributed by atoms with E-state index in [9.17, 15) is 13.5 Å². The Labute approximate surface area is 299 Å². The second-order valence-corrected chi connectivity index (χ2v) is 15.4. The summed E-state index contributed by atoms with van der Waals surface area (Å²) in [6, 6.07) is 0. The van der Waals surface area contributed by atoms with Crippen LogP contribution in [0, 0.1) is 0 Å². The van der Waals surface area contributed by atoms with E-state index in [1.165, 1.54) is 173 Å². The number of hydrogen-bond donors (Lipinski definition) is 2. The maximum atomic E-state index is 11.3. The van der Waals surface area contributed by atoms with Crippen molar-refractivity contribution in [3.8, 4) is 0 Å². The molecule has 0 aromatic carbocycles. The average Bonchev–Trinajstić information content (AvgIpc) is 3.06. The fraction of sp³-hybridized carbons (Fsp3) is 1.00. The molecule has 0 aliphatic rings. The normalized spacial score (nSPS) is 13.3. The molecule has 2 N–H and O–H groups in total. The third-order valence-corrected chi connectivity index (χ3v) is 10.1. The van der Waals surface area contributed by atoms with Gasteiger partial charge in [0, 0.05) is 6.61 Å². The lowest BCUT2D eigenvalue weighted by molar-refractivity contribution is -0.0981. The molecule has 0 saturated carbocycles. The molecule has 2 unspecified atom stereocenters. The molecule has 0 radical (unpaired) electrons. The molecule has 0 fully saturated rings. The highest BCUT2D eigenvalue weighted by Gasteiger charge is 2.25. The number of hydrogen-bond acceptors (Lipinski definition) is 6. The highest BCUT2D eigenvalue weighted by atomic mass is 32.3. The Morgan fingerprint density at radius 3 is 1.08 bits per heavy atom. The summed E-state index contributed by atoms with van der Waals surface area (Å²) < 4.78 is 48.3. The van der Waals surface area contributed by atoms with Crippen molar-refractivity contribution in [1.29, 1.82) is 0 Å². The Balaban J connectivity index is 4.15. The maximum absolute atomic E-state index is 11.3. The Morgan fingerprint density at radius 1 is 0.438 bits per heavy atom. The highest BCUT2D eigenvalue weighted by Crippen LogP contribution is 2.19. The second kappa shape index (κ2) is 38.0. The van der Waals surface area contributed by atoms with Crippen molar-refractivity contribution in [2.45, 2.75) is 232 Å². The molecule has 0 aromatic heterocycles. The Hall–Kier alpha value is -0.250. The molecule has 0 heterocycles. The summed E-state index contributed by atoms with van der Waals surface area (Å²) in [6.07, 6.45) is 40.4. The largest absolute Gasteiger partial charge is 0.397 e. The predicted molar refractivity (Wildman–Crippen MR) is 203 cm³/mol. The summed E-state index contributed by atoms with van der Waals surface area (Å²) in [4.78, 5) is 0. The Kier molecular flexibility index (Phi) is 37.8. The van der Waals surface area contributed by atoms with Gasteiger partial charge < -0.3 is 14.6 Å². The molecule has 48 heavy (non-hydrogen) atoms. The SMILES string of the molecule is CCCCCCCCCCCCCCCCCCOC(CCCCCCCCCCCCCCCCC)C(COS(=O)(=O)O)OCCO. The Bertz CT molecular complexity index is 718. The number of aliphatic hydroxyl groups is 1. The molecule has 0 aromatic rings. The van der Waals surface area contributed by atoms with Crippen LogP contribution in [0.4, 0.5) is 0 Å². The molecular formula is C40H82O7S. The monoisotopic (exact) mass is 707 g/mol. The van der Waals surface area contributed by atoms with Gasteiger partial charge in [0.2, 0.25) is 0 Å². The number of rotatable bonds is 41. The van der Waals surface area contributed by atoms with Crippen molar-refractivity contribution in [2.75, 3.05) is 26.4 Å². The molecule has 2 atom stereocenters. The summed E-state index contributed by atoms with van der Waals surface area (Å²) >= 11 is 0. The van der Waals surface area contributed by atoms with E-state index >= 15 is 0 Å². The molecular weight excluding hydrogens is 625 g/mol. The van der Waals surface area contributed by atoms with Crippen LogP contribution >= 0.6 is 0 Å². The van der Waals surface area contributed by atoms with Gasteiger partial charge in [-0.1, -0.05) is 206 Å². The molecule has 0 amide bonds. The van der Waals surface area contributed by atoms with E-state index in [1.54, 1.807) is 0 Å². The van der Waals surface area contributed by atoms with Gasteiger partial charge in [-0.25, -0.2) is 4.18 Å². The van der Waals surface area contributed by atoms with Crippen LogP contribution in [0.3, 0.4) is 0 Å². The van der Waals surface area contributed by atoms with Gasteiger partial charge in [0.05, 0.1) is 25.9 Å². The molecule has 0 bridgehead atoms. The van der Waals surface area contributed by atoms with Crippen LogP contribution in [-0.2, 0) is 24.1 Å². The van der Waals surface area contributed by atoms with Gasteiger partial charge in [0.1, 0.15) is 6.10 Å². The summed E-state index contributed by atoms with van der Waals surface area (Å²) in [7, 11) is -4.58. The molecule has 7 nitrogen and oxygen atoms in total. The first-order valence-electron chi connectivity index (χ1n) is 20.9. The van der Waals surface area contributed by atoms with Crippen LogP contribution in [0.1, 0.15) is 219 Å². The summed E-state index contributed by atoms with van der Waals surface area (Å²) in [5.41, 5.74) is 0. The van der Waals surface area contributed by atoms with Crippen molar-refractivity contribution in [3.05, 3.63) is 0 Å². The lowest BCUT2D eigenvalue weighted by Gasteiger charge is -2.27. The standard InChI is InChI=1S/C40H82O7S/c1-3-5-7-9-11-13-15-17-19-21-23-25-27-29-31-33-36-45-39(40(46-37-35-41)38-47-48(42,43)44)34-32-30-28-26-24-22-20-18-16-14-12-10-8-6-4-2/h39-41H,3-38H2,1-2H3,(H,42,43,44). The first-order valence-corrected chi connectivity index (χ1v) is 22.3. The maximum Gasteiger partial charge on any atom is 0.397 e. The van der Waals surface area contributed by atoms with Crippen molar-refractivity contribution in [2.24, 2.45) is 0 Å². The van der Waals surface area contributed by atoms with Crippen LogP contribution in [0.2, 0.25) is 0 Å². The van der Waals surface area contributed by atoms with E-state index in [1.807, 2.05) is 0 Å². The second-order valence-electron chi connectivity index (χ2n) is 14.3. The minimum absolute atomic E-state index is 0.0667. The minimum Gasteiger partial charge on any atom is -0.394 e. The van der Waals surface area contributed by atoms with Crippen molar-refractivity contribution in [1.82, 2.24) is 0 Å².